The number of aryl methyl sites for hydroxylation is 1. The predicted octanol–water partition coefficient (Wildman–Crippen LogP) is 2.26. The van der Waals surface area contributed by atoms with Gasteiger partial charge < -0.3 is 4.90 Å². The van der Waals surface area contributed by atoms with Crippen LogP contribution in [0.15, 0.2) is 24.4 Å². The summed E-state index contributed by atoms with van der Waals surface area (Å²) in [5.41, 5.74) is 1.27. The van der Waals surface area contributed by atoms with E-state index in [2.05, 4.69) is 20.4 Å². The van der Waals surface area contributed by atoms with Gasteiger partial charge in [0.1, 0.15) is 5.82 Å². The van der Waals surface area contributed by atoms with Crippen molar-refractivity contribution in [2.24, 2.45) is 7.05 Å². The fourth-order valence-corrected chi connectivity index (χ4v) is 3.31. The average molecular weight is 351 g/mol. The molecule has 4 rings (SSSR count). The molecule has 7 nitrogen and oxygen atoms in total. The number of anilines is 1. The summed E-state index contributed by atoms with van der Waals surface area (Å²) in [6.07, 6.45) is -1.01. The van der Waals surface area contributed by atoms with E-state index in [1.165, 1.54) is 11.8 Å². The fourth-order valence-electron chi connectivity index (χ4n) is 3.31. The van der Waals surface area contributed by atoms with E-state index in [0.717, 1.165) is 30.4 Å². The summed E-state index contributed by atoms with van der Waals surface area (Å²) < 4.78 is 41.6. The van der Waals surface area contributed by atoms with Gasteiger partial charge in [0.05, 0.1) is 0 Å². The highest BCUT2D eigenvalue weighted by Gasteiger charge is 2.38. The number of nitrogens with zero attached hydrogens (tertiary/aromatic N) is 7. The maximum atomic E-state index is 13.0. The van der Waals surface area contributed by atoms with E-state index in [9.17, 15) is 13.2 Å². The highest BCUT2D eigenvalue weighted by Crippen LogP contribution is 2.31. The zero-order valence-electron chi connectivity index (χ0n) is 13.5. The molecule has 1 aliphatic heterocycles. The molecule has 0 bridgehead atoms. The van der Waals surface area contributed by atoms with E-state index < -0.39 is 12.0 Å². The molecule has 1 fully saturated rings. The number of piperidine rings is 1. The average Bonchev–Trinajstić information content (AvgIpc) is 3.20. The molecular weight excluding hydrogens is 335 g/mol. The quantitative estimate of drug-likeness (QED) is 0.709. The molecule has 0 aliphatic carbocycles. The van der Waals surface area contributed by atoms with Crippen molar-refractivity contribution in [3.05, 3.63) is 35.9 Å². The molecule has 1 aliphatic rings. The van der Waals surface area contributed by atoms with Gasteiger partial charge in [-0.1, -0.05) is 0 Å². The van der Waals surface area contributed by atoms with E-state index in [0.29, 0.717) is 11.7 Å². The van der Waals surface area contributed by atoms with Gasteiger partial charge in [-0.25, -0.2) is 0 Å². The number of aromatic nitrogens is 6. The molecule has 1 saturated heterocycles. The Morgan fingerprint density at radius 2 is 1.84 bits per heavy atom. The van der Waals surface area contributed by atoms with Crippen LogP contribution in [0.3, 0.4) is 0 Å². The van der Waals surface area contributed by atoms with Gasteiger partial charge in [0.15, 0.2) is 5.65 Å². The third kappa shape index (κ3) is 2.81. The summed E-state index contributed by atoms with van der Waals surface area (Å²) in [5.74, 6) is -0.205. The molecule has 0 unspecified atom stereocenters. The fraction of sp³-hybridized carbons (Fsp3) is 0.467. The summed E-state index contributed by atoms with van der Waals surface area (Å²) in [6, 6.07) is 5.21. The zero-order valence-corrected chi connectivity index (χ0v) is 13.5. The van der Waals surface area contributed by atoms with Crippen LogP contribution in [0, 0.1) is 0 Å². The molecule has 0 aromatic carbocycles. The molecule has 132 valence electrons. The van der Waals surface area contributed by atoms with Crippen molar-refractivity contribution in [3.8, 4) is 0 Å². The van der Waals surface area contributed by atoms with E-state index in [-0.39, 0.29) is 5.65 Å². The van der Waals surface area contributed by atoms with Crippen LogP contribution in [-0.2, 0) is 13.2 Å². The van der Waals surface area contributed by atoms with Gasteiger partial charge in [-0.15, -0.1) is 15.3 Å². The Hall–Kier alpha value is -2.65. The van der Waals surface area contributed by atoms with Crippen LogP contribution in [0.1, 0.15) is 30.3 Å². The third-order valence-corrected chi connectivity index (χ3v) is 4.60. The largest absolute Gasteiger partial charge is 0.453 e. The van der Waals surface area contributed by atoms with Crippen molar-refractivity contribution in [2.45, 2.75) is 24.9 Å². The maximum Gasteiger partial charge on any atom is 0.453 e. The van der Waals surface area contributed by atoms with E-state index in [1.54, 1.807) is 12.3 Å². The summed E-state index contributed by atoms with van der Waals surface area (Å²) in [4.78, 5) is 1.99. The third-order valence-electron chi connectivity index (χ3n) is 4.60. The van der Waals surface area contributed by atoms with Crippen LogP contribution in [0.4, 0.5) is 19.0 Å². The van der Waals surface area contributed by atoms with Crippen molar-refractivity contribution < 1.29 is 13.2 Å². The molecule has 10 heteroatoms. The number of rotatable bonds is 2. The zero-order chi connectivity index (χ0) is 17.6. The number of fused-ring (bicyclic) bond motifs is 1. The Bertz CT molecular complexity index is 890. The van der Waals surface area contributed by atoms with Crippen LogP contribution in [0.2, 0.25) is 0 Å². The van der Waals surface area contributed by atoms with E-state index in [4.69, 9.17) is 0 Å². The topological polar surface area (TPSA) is 64.1 Å². The standard InChI is InChI=1S/C15H16F3N7/c1-23-11(4-7-19-23)10-5-8-24(9-6-10)13-3-2-12-20-21-14(15(16,17)18)25(12)22-13/h2-4,7,10H,5-6,8-9H2,1H3. The van der Waals surface area contributed by atoms with Gasteiger partial charge in [0.2, 0.25) is 0 Å². The van der Waals surface area contributed by atoms with Crippen LogP contribution >= 0.6 is 0 Å². The minimum absolute atomic E-state index is 0.0841. The highest BCUT2D eigenvalue weighted by molar-refractivity contribution is 5.46. The number of halogens is 3. The monoisotopic (exact) mass is 351 g/mol. The van der Waals surface area contributed by atoms with Crippen LogP contribution in [0.25, 0.3) is 5.65 Å². The lowest BCUT2D eigenvalue weighted by molar-refractivity contribution is -0.146. The highest BCUT2D eigenvalue weighted by atomic mass is 19.4. The summed E-state index contributed by atoms with van der Waals surface area (Å²) >= 11 is 0. The van der Waals surface area contributed by atoms with Crippen molar-refractivity contribution in [1.29, 1.82) is 0 Å². The molecule has 3 aromatic heterocycles. The Morgan fingerprint density at radius 3 is 2.48 bits per heavy atom. The lowest BCUT2D eigenvalue weighted by atomic mass is 9.93. The predicted molar refractivity (Wildman–Crippen MR) is 83.2 cm³/mol. The van der Waals surface area contributed by atoms with Crippen LogP contribution in [0.5, 0.6) is 0 Å². The van der Waals surface area contributed by atoms with E-state index >= 15 is 0 Å². The Labute approximate surface area is 141 Å². The minimum Gasteiger partial charge on any atom is -0.355 e. The Balaban J connectivity index is 1.56. The molecule has 3 aromatic rings. The van der Waals surface area contributed by atoms with Crippen molar-refractivity contribution in [2.75, 3.05) is 18.0 Å². The molecule has 0 radical (unpaired) electrons. The first-order valence-electron chi connectivity index (χ1n) is 7.96. The van der Waals surface area contributed by atoms with Crippen LogP contribution < -0.4 is 4.90 Å². The number of hydrogen-bond acceptors (Lipinski definition) is 5. The molecule has 0 N–H and O–H groups in total. The van der Waals surface area contributed by atoms with Crippen molar-refractivity contribution in [3.63, 3.8) is 0 Å². The van der Waals surface area contributed by atoms with Crippen molar-refractivity contribution in [1.82, 2.24) is 29.6 Å². The van der Waals surface area contributed by atoms with Gasteiger partial charge in [-0.2, -0.15) is 22.8 Å². The van der Waals surface area contributed by atoms with E-state index in [1.807, 2.05) is 22.7 Å². The first-order chi connectivity index (χ1) is 11.9. The normalized spacial score (nSPS) is 16.7. The van der Waals surface area contributed by atoms with Crippen molar-refractivity contribution >= 4 is 11.5 Å². The minimum atomic E-state index is -4.59. The molecule has 0 amide bonds. The maximum absolute atomic E-state index is 13.0. The van der Waals surface area contributed by atoms with Gasteiger partial charge in [0.25, 0.3) is 5.82 Å². The molecule has 25 heavy (non-hydrogen) atoms. The molecule has 0 saturated carbocycles. The number of alkyl halides is 3. The Morgan fingerprint density at radius 1 is 1.08 bits per heavy atom. The van der Waals surface area contributed by atoms with Gasteiger partial charge in [-0.3, -0.25) is 4.68 Å². The summed E-state index contributed by atoms with van der Waals surface area (Å²) in [6.45, 7) is 1.44. The summed E-state index contributed by atoms with van der Waals surface area (Å²) in [7, 11) is 1.92. The lowest BCUT2D eigenvalue weighted by Crippen LogP contribution is -2.34. The number of hydrogen-bond donors (Lipinski definition) is 0. The van der Waals surface area contributed by atoms with Gasteiger partial charge >= 0.3 is 6.18 Å². The Kier molecular flexibility index (Phi) is 3.62. The molecule has 4 heterocycles. The second kappa shape index (κ2) is 5.71. The van der Waals surface area contributed by atoms with Crippen LogP contribution in [-0.4, -0.2) is 42.7 Å². The SMILES string of the molecule is Cn1nccc1C1CCN(c2ccc3nnc(C(F)(F)F)n3n2)CC1. The first-order valence-corrected chi connectivity index (χ1v) is 7.96. The summed E-state index contributed by atoms with van der Waals surface area (Å²) in [5, 5.41) is 15.0. The molecular formula is C15H16F3N7. The molecule has 0 atom stereocenters. The van der Waals surface area contributed by atoms with Gasteiger partial charge in [-0.05, 0) is 31.0 Å². The molecule has 0 spiro atoms. The second-order valence-corrected chi connectivity index (χ2v) is 6.12. The van der Waals surface area contributed by atoms with Gasteiger partial charge in [0, 0.05) is 37.9 Å². The second-order valence-electron chi connectivity index (χ2n) is 6.12. The lowest BCUT2D eigenvalue weighted by Gasteiger charge is -2.32. The first kappa shape index (κ1) is 15.9. The smallest absolute Gasteiger partial charge is 0.355 e.